The maximum atomic E-state index is 11.4. The smallest absolute Gasteiger partial charge is 0.160 e. The summed E-state index contributed by atoms with van der Waals surface area (Å²) in [5, 5.41) is 1.04. The summed E-state index contributed by atoms with van der Waals surface area (Å²) >= 11 is 0. The van der Waals surface area contributed by atoms with Crippen molar-refractivity contribution in [3.63, 3.8) is 0 Å². The van der Waals surface area contributed by atoms with E-state index < -0.39 is 0 Å². The quantitative estimate of drug-likeness (QED) is 0.684. The monoisotopic (exact) mass is 187 g/mol. The van der Waals surface area contributed by atoms with Crippen LogP contribution in [0.2, 0.25) is 0 Å². The van der Waals surface area contributed by atoms with Gasteiger partial charge >= 0.3 is 0 Å². The van der Waals surface area contributed by atoms with Crippen molar-refractivity contribution in [2.45, 2.75) is 20.8 Å². The first-order chi connectivity index (χ1) is 6.59. The number of ketones is 1. The zero-order valence-electron chi connectivity index (χ0n) is 8.64. The third kappa shape index (κ3) is 1.23. The molecule has 0 unspecified atom stereocenters. The fraction of sp³-hybridized carbons (Fsp3) is 0.250. The molecule has 0 spiro atoms. The van der Waals surface area contributed by atoms with E-state index in [-0.39, 0.29) is 5.78 Å². The molecule has 0 aliphatic carbocycles. The second-order valence-corrected chi connectivity index (χ2v) is 3.73. The molecule has 0 fully saturated rings. The molecule has 0 aliphatic rings. The summed E-state index contributed by atoms with van der Waals surface area (Å²) < 4.78 is 0. The van der Waals surface area contributed by atoms with Crippen LogP contribution >= 0.6 is 0 Å². The van der Waals surface area contributed by atoms with Gasteiger partial charge in [0.25, 0.3) is 0 Å². The number of benzene rings is 1. The van der Waals surface area contributed by atoms with Crippen molar-refractivity contribution < 1.29 is 4.79 Å². The highest BCUT2D eigenvalue weighted by Gasteiger charge is 2.08. The molecule has 72 valence electrons. The van der Waals surface area contributed by atoms with Gasteiger partial charge in [0.15, 0.2) is 5.78 Å². The molecule has 14 heavy (non-hydrogen) atoms. The Labute approximate surface area is 82.9 Å². The summed E-state index contributed by atoms with van der Waals surface area (Å²) in [5.74, 6) is 0.119. The molecule has 2 nitrogen and oxygen atoms in total. The minimum Gasteiger partial charge on any atom is -0.358 e. The largest absolute Gasteiger partial charge is 0.358 e. The van der Waals surface area contributed by atoms with Crippen molar-refractivity contribution in [2.75, 3.05) is 0 Å². The van der Waals surface area contributed by atoms with E-state index in [9.17, 15) is 4.79 Å². The second-order valence-electron chi connectivity index (χ2n) is 3.73. The van der Waals surface area contributed by atoms with E-state index in [1.165, 1.54) is 5.56 Å². The number of Topliss-reactive ketones (excluding diaryl/α,β-unsaturated/α-hetero) is 1. The standard InChI is InChI=1S/C12H13NO/c1-7-4-5-10(9(3)14)11-6-8(2)13-12(7)11/h4-6,13H,1-3H3. The van der Waals surface area contributed by atoms with Crippen LogP contribution in [0.15, 0.2) is 18.2 Å². The number of rotatable bonds is 1. The van der Waals surface area contributed by atoms with Crippen LogP contribution in [0.4, 0.5) is 0 Å². The highest BCUT2D eigenvalue weighted by atomic mass is 16.1. The molecule has 1 aromatic carbocycles. The van der Waals surface area contributed by atoms with Crippen LogP contribution in [0.25, 0.3) is 10.9 Å². The van der Waals surface area contributed by atoms with E-state index in [0.29, 0.717) is 0 Å². The molecule has 2 heteroatoms. The molecule has 0 saturated heterocycles. The Balaban J connectivity index is 2.87. The normalized spacial score (nSPS) is 10.8. The van der Waals surface area contributed by atoms with Gasteiger partial charge in [-0.1, -0.05) is 12.1 Å². The number of nitrogens with one attached hydrogen (secondary N) is 1. The van der Waals surface area contributed by atoms with E-state index in [4.69, 9.17) is 0 Å². The van der Waals surface area contributed by atoms with E-state index in [1.54, 1.807) is 6.92 Å². The Kier molecular flexibility index (Phi) is 1.92. The van der Waals surface area contributed by atoms with Gasteiger partial charge in [-0.3, -0.25) is 4.79 Å². The molecule has 0 amide bonds. The number of hydrogen-bond donors (Lipinski definition) is 1. The lowest BCUT2D eigenvalue weighted by molar-refractivity contribution is 0.101. The number of aromatic amines is 1. The van der Waals surface area contributed by atoms with E-state index >= 15 is 0 Å². The number of H-pyrrole nitrogens is 1. The predicted octanol–water partition coefficient (Wildman–Crippen LogP) is 2.99. The zero-order chi connectivity index (χ0) is 10.3. The number of hydrogen-bond acceptors (Lipinski definition) is 1. The fourth-order valence-electron chi connectivity index (χ4n) is 1.80. The molecule has 0 radical (unpaired) electrons. The zero-order valence-corrected chi connectivity index (χ0v) is 8.64. The number of carbonyl (C=O) groups is 1. The molecule has 2 rings (SSSR count). The average molecular weight is 187 g/mol. The Bertz CT molecular complexity index is 508. The molecule has 2 aromatic rings. The van der Waals surface area contributed by atoms with Crippen LogP contribution in [0.5, 0.6) is 0 Å². The Morgan fingerprint density at radius 2 is 2.00 bits per heavy atom. The lowest BCUT2D eigenvalue weighted by Crippen LogP contribution is -1.93. The number of aryl methyl sites for hydroxylation is 2. The third-order valence-corrected chi connectivity index (χ3v) is 2.52. The summed E-state index contributed by atoms with van der Waals surface area (Å²) in [5.41, 5.74) is 4.15. The predicted molar refractivity (Wildman–Crippen MR) is 57.8 cm³/mol. The van der Waals surface area contributed by atoms with Gasteiger partial charge in [0.1, 0.15) is 0 Å². The third-order valence-electron chi connectivity index (χ3n) is 2.52. The minimum atomic E-state index is 0.119. The van der Waals surface area contributed by atoms with Crippen LogP contribution in [-0.2, 0) is 0 Å². The van der Waals surface area contributed by atoms with Gasteiger partial charge in [-0.15, -0.1) is 0 Å². The molecule has 1 aromatic heterocycles. The highest BCUT2D eigenvalue weighted by molar-refractivity contribution is 6.07. The molecule has 0 atom stereocenters. The van der Waals surface area contributed by atoms with Crippen LogP contribution in [0.3, 0.4) is 0 Å². The van der Waals surface area contributed by atoms with Crippen LogP contribution in [0, 0.1) is 13.8 Å². The maximum Gasteiger partial charge on any atom is 0.160 e. The second kappa shape index (κ2) is 2.98. The SMILES string of the molecule is CC(=O)c1ccc(C)c2[nH]c(C)cc12. The first kappa shape index (κ1) is 9.00. The Morgan fingerprint density at radius 3 is 2.64 bits per heavy atom. The average Bonchev–Trinajstić information content (AvgIpc) is 2.47. The molecular weight excluding hydrogens is 174 g/mol. The number of carbonyl (C=O) groups excluding carboxylic acids is 1. The summed E-state index contributed by atoms with van der Waals surface area (Å²) in [6, 6.07) is 5.90. The summed E-state index contributed by atoms with van der Waals surface area (Å²) in [4.78, 5) is 14.6. The van der Waals surface area contributed by atoms with E-state index in [0.717, 1.165) is 22.2 Å². The molecule has 1 heterocycles. The van der Waals surface area contributed by atoms with Crippen molar-refractivity contribution in [2.24, 2.45) is 0 Å². The molecular formula is C12H13NO. The minimum absolute atomic E-state index is 0.119. The van der Waals surface area contributed by atoms with Crippen molar-refractivity contribution in [1.82, 2.24) is 4.98 Å². The van der Waals surface area contributed by atoms with Crippen LogP contribution < -0.4 is 0 Å². The summed E-state index contributed by atoms with van der Waals surface area (Å²) in [6.45, 7) is 5.65. The van der Waals surface area contributed by atoms with E-state index in [1.807, 2.05) is 32.0 Å². The van der Waals surface area contributed by atoms with Crippen LogP contribution in [0.1, 0.15) is 28.5 Å². The van der Waals surface area contributed by atoms with Gasteiger partial charge in [0.2, 0.25) is 0 Å². The van der Waals surface area contributed by atoms with Crippen molar-refractivity contribution in [3.8, 4) is 0 Å². The molecule has 0 aliphatic heterocycles. The van der Waals surface area contributed by atoms with Gasteiger partial charge in [-0.05, 0) is 32.4 Å². The number of fused-ring (bicyclic) bond motifs is 1. The van der Waals surface area contributed by atoms with E-state index in [2.05, 4.69) is 4.98 Å². The van der Waals surface area contributed by atoms with Gasteiger partial charge in [0.05, 0.1) is 0 Å². The molecule has 0 bridgehead atoms. The Hall–Kier alpha value is -1.57. The lowest BCUT2D eigenvalue weighted by atomic mass is 10.0. The van der Waals surface area contributed by atoms with Gasteiger partial charge in [-0.2, -0.15) is 0 Å². The van der Waals surface area contributed by atoms with Crippen molar-refractivity contribution in [1.29, 1.82) is 0 Å². The first-order valence-corrected chi connectivity index (χ1v) is 4.69. The Morgan fingerprint density at radius 1 is 1.29 bits per heavy atom. The maximum absolute atomic E-state index is 11.4. The van der Waals surface area contributed by atoms with Crippen molar-refractivity contribution in [3.05, 3.63) is 35.0 Å². The van der Waals surface area contributed by atoms with Crippen molar-refractivity contribution >= 4 is 16.7 Å². The first-order valence-electron chi connectivity index (χ1n) is 4.69. The van der Waals surface area contributed by atoms with Crippen LogP contribution in [-0.4, -0.2) is 10.8 Å². The van der Waals surface area contributed by atoms with Gasteiger partial charge in [0, 0.05) is 22.2 Å². The highest BCUT2D eigenvalue weighted by Crippen LogP contribution is 2.23. The molecule has 1 N–H and O–H groups in total. The number of aromatic nitrogens is 1. The fourth-order valence-corrected chi connectivity index (χ4v) is 1.80. The van der Waals surface area contributed by atoms with Gasteiger partial charge < -0.3 is 4.98 Å². The topological polar surface area (TPSA) is 32.9 Å². The summed E-state index contributed by atoms with van der Waals surface area (Å²) in [7, 11) is 0. The lowest BCUT2D eigenvalue weighted by Gasteiger charge is -2.00. The summed E-state index contributed by atoms with van der Waals surface area (Å²) in [6.07, 6.45) is 0. The molecule has 0 saturated carbocycles. The van der Waals surface area contributed by atoms with Gasteiger partial charge in [-0.25, -0.2) is 0 Å².